The first-order chi connectivity index (χ1) is 11.6. The van der Waals surface area contributed by atoms with Crippen LogP contribution in [-0.4, -0.2) is 30.4 Å². The zero-order valence-electron chi connectivity index (χ0n) is 13.5. The molecule has 5 atom stereocenters. The van der Waals surface area contributed by atoms with Gasteiger partial charge in [-0.05, 0) is 37.3 Å². The van der Waals surface area contributed by atoms with Crippen molar-refractivity contribution in [2.24, 2.45) is 11.8 Å². The van der Waals surface area contributed by atoms with Gasteiger partial charge in [0.2, 0.25) is 5.91 Å². The van der Waals surface area contributed by atoms with Crippen LogP contribution in [0.4, 0.5) is 5.69 Å². The fourth-order valence-electron chi connectivity index (χ4n) is 5.36. The normalized spacial score (nSPS) is 38.9. The number of amides is 1. The summed E-state index contributed by atoms with van der Waals surface area (Å²) in [7, 11) is 0. The zero-order valence-corrected chi connectivity index (χ0v) is 13.5. The van der Waals surface area contributed by atoms with Gasteiger partial charge in [-0.15, -0.1) is 0 Å². The molecule has 0 aliphatic carbocycles. The minimum atomic E-state index is -0.513. The van der Waals surface area contributed by atoms with Gasteiger partial charge in [0, 0.05) is 29.3 Å². The van der Waals surface area contributed by atoms with Crippen molar-refractivity contribution >= 4 is 17.4 Å². The van der Waals surface area contributed by atoms with Gasteiger partial charge in [0.05, 0.1) is 18.3 Å². The minimum Gasteiger partial charge on any atom is -0.500 e. The maximum absolute atomic E-state index is 13.0. The maximum Gasteiger partial charge on any atom is 0.236 e. The summed E-state index contributed by atoms with van der Waals surface area (Å²) in [6.45, 7) is 2.22. The van der Waals surface area contributed by atoms with E-state index in [4.69, 9.17) is 4.74 Å². The van der Waals surface area contributed by atoms with Gasteiger partial charge in [0.25, 0.3) is 0 Å². The van der Waals surface area contributed by atoms with Crippen LogP contribution in [-0.2, 0) is 19.7 Å². The van der Waals surface area contributed by atoms with E-state index in [2.05, 4.69) is 16.7 Å². The molecule has 1 aromatic carbocycles. The number of ether oxygens (including phenoxy) is 1. The molecule has 5 heteroatoms. The lowest BCUT2D eigenvalue weighted by molar-refractivity contribution is -0.121. The summed E-state index contributed by atoms with van der Waals surface area (Å²) < 4.78 is 5.59. The third-order valence-corrected chi connectivity index (χ3v) is 6.44. The highest BCUT2D eigenvalue weighted by Gasteiger charge is 2.62. The van der Waals surface area contributed by atoms with Crippen molar-refractivity contribution < 1.29 is 14.3 Å². The fourth-order valence-corrected chi connectivity index (χ4v) is 5.36. The summed E-state index contributed by atoms with van der Waals surface area (Å²) in [4.78, 5) is 25.0. The third-order valence-electron chi connectivity index (χ3n) is 6.44. The molecular weight excluding hydrogens is 304 g/mol. The number of rotatable bonds is 1. The van der Waals surface area contributed by atoms with Gasteiger partial charge in [-0.3, -0.25) is 9.59 Å². The number of hydrogen-bond acceptors (Lipinski definition) is 4. The summed E-state index contributed by atoms with van der Waals surface area (Å²) >= 11 is 0. The molecule has 4 aliphatic rings. The molecule has 1 amide bonds. The average molecular weight is 324 g/mol. The molecule has 4 heterocycles. The molecule has 2 saturated heterocycles. The van der Waals surface area contributed by atoms with Crippen LogP contribution in [0.5, 0.6) is 0 Å². The number of carbonyl (C=O) groups is 2. The van der Waals surface area contributed by atoms with Crippen LogP contribution in [0.1, 0.15) is 25.3 Å². The Morgan fingerprint density at radius 3 is 3.00 bits per heavy atom. The Balaban J connectivity index is 1.59. The number of fused-ring (bicyclic) bond motifs is 7. The first kappa shape index (κ1) is 14.2. The largest absolute Gasteiger partial charge is 0.500 e. The van der Waals surface area contributed by atoms with E-state index in [1.54, 1.807) is 13.2 Å². The number of hydrogen-bond donors (Lipinski definition) is 2. The van der Waals surface area contributed by atoms with E-state index in [0.717, 1.165) is 29.7 Å². The van der Waals surface area contributed by atoms with Crippen LogP contribution in [0, 0.1) is 11.8 Å². The van der Waals surface area contributed by atoms with E-state index >= 15 is 0 Å². The average Bonchev–Trinajstić information content (AvgIpc) is 3.04. The lowest BCUT2D eigenvalue weighted by Gasteiger charge is -2.41. The van der Waals surface area contributed by atoms with Crippen LogP contribution in [0.2, 0.25) is 0 Å². The van der Waals surface area contributed by atoms with E-state index in [0.29, 0.717) is 6.61 Å². The predicted molar refractivity (Wildman–Crippen MR) is 88.4 cm³/mol. The van der Waals surface area contributed by atoms with Crippen LogP contribution >= 0.6 is 0 Å². The van der Waals surface area contributed by atoms with Crippen molar-refractivity contribution in [1.29, 1.82) is 0 Å². The SMILES string of the molecule is CC(=O)C1=COCC2C3CC4(C(=O)Nc5ccccc54)C(CC12)N3. The molecule has 1 spiro atoms. The Morgan fingerprint density at radius 1 is 1.33 bits per heavy atom. The molecule has 2 bridgehead atoms. The maximum atomic E-state index is 13.0. The number of allylic oxidation sites excluding steroid dienone is 1. The van der Waals surface area contributed by atoms with E-state index in [-0.39, 0.29) is 35.6 Å². The first-order valence-electron chi connectivity index (χ1n) is 8.61. The molecule has 1 aromatic rings. The Kier molecular flexibility index (Phi) is 2.78. The Hall–Kier alpha value is -2.14. The number of carbonyl (C=O) groups excluding carboxylic acids is 2. The predicted octanol–water partition coefficient (Wildman–Crippen LogP) is 1.75. The summed E-state index contributed by atoms with van der Waals surface area (Å²) in [5, 5.41) is 6.74. The van der Waals surface area contributed by atoms with E-state index in [1.807, 2.05) is 18.2 Å². The van der Waals surface area contributed by atoms with Crippen LogP contribution in [0.15, 0.2) is 36.1 Å². The molecule has 5 unspecified atom stereocenters. The summed E-state index contributed by atoms with van der Waals surface area (Å²) in [6.07, 6.45) is 3.22. The molecule has 124 valence electrons. The minimum absolute atomic E-state index is 0.0632. The van der Waals surface area contributed by atoms with Gasteiger partial charge in [-0.2, -0.15) is 0 Å². The highest BCUT2D eigenvalue weighted by molar-refractivity contribution is 6.07. The second kappa shape index (κ2) is 4.70. The molecule has 0 radical (unpaired) electrons. The zero-order chi connectivity index (χ0) is 16.5. The smallest absolute Gasteiger partial charge is 0.236 e. The number of Topliss-reactive ketones (excluding diaryl/α,β-unsaturated/α-hetero) is 1. The molecule has 24 heavy (non-hydrogen) atoms. The van der Waals surface area contributed by atoms with Crippen LogP contribution < -0.4 is 10.6 Å². The number of piperidine rings is 1. The molecule has 0 aromatic heterocycles. The highest BCUT2D eigenvalue weighted by atomic mass is 16.5. The Morgan fingerprint density at radius 2 is 2.17 bits per heavy atom. The molecule has 5 rings (SSSR count). The quantitative estimate of drug-likeness (QED) is 0.826. The number of benzene rings is 1. The molecule has 4 aliphatic heterocycles. The monoisotopic (exact) mass is 324 g/mol. The second-order valence-electron chi connectivity index (χ2n) is 7.47. The van der Waals surface area contributed by atoms with E-state index in [9.17, 15) is 9.59 Å². The summed E-state index contributed by atoms with van der Waals surface area (Å²) in [5.74, 6) is 0.616. The summed E-state index contributed by atoms with van der Waals surface area (Å²) in [5.41, 5.74) is 2.30. The molecule has 2 N–H and O–H groups in total. The topological polar surface area (TPSA) is 67.4 Å². The van der Waals surface area contributed by atoms with Crippen molar-refractivity contribution in [3.63, 3.8) is 0 Å². The lowest BCUT2D eigenvalue weighted by atomic mass is 9.72. The van der Waals surface area contributed by atoms with Crippen molar-refractivity contribution in [2.75, 3.05) is 11.9 Å². The second-order valence-corrected chi connectivity index (χ2v) is 7.47. The van der Waals surface area contributed by atoms with Crippen LogP contribution in [0.3, 0.4) is 0 Å². The number of anilines is 1. The summed E-state index contributed by atoms with van der Waals surface area (Å²) in [6, 6.07) is 8.26. The molecule has 0 saturated carbocycles. The van der Waals surface area contributed by atoms with Crippen molar-refractivity contribution in [1.82, 2.24) is 5.32 Å². The van der Waals surface area contributed by atoms with Gasteiger partial charge in [0.15, 0.2) is 5.78 Å². The van der Waals surface area contributed by atoms with Gasteiger partial charge >= 0.3 is 0 Å². The number of nitrogens with one attached hydrogen (secondary N) is 2. The van der Waals surface area contributed by atoms with Crippen molar-refractivity contribution in [3.8, 4) is 0 Å². The standard InChI is InChI=1S/C19H20N2O3/c1-10(22)12-8-24-9-13-11(12)6-17-19(7-16(13)20-17)14-4-2-3-5-15(14)21-18(19)23/h2-5,8,11,13,16-17,20H,6-7,9H2,1H3,(H,21,23). The van der Waals surface area contributed by atoms with Gasteiger partial charge in [0.1, 0.15) is 0 Å². The fraction of sp³-hybridized carbons (Fsp3) is 0.474. The number of ketones is 1. The van der Waals surface area contributed by atoms with Crippen LogP contribution in [0.25, 0.3) is 0 Å². The van der Waals surface area contributed by atoms with Gasteiger partial charge < -0.3 is 15.4 Å². The van der Waals surface area contributed by atoms with Crippen molar-refractivity contribution in [3.05, 3.63) is 41.7 Å². The van der Waals surface area contributed by atoms with Crippen molar-refractivity contribution in [2.45, 2.75) is 37.3 Å². The molecule has 2 fully saturated rings. The van der Waals surface area contributed by atoms with E-state index < -0.39 is 5.41 Å². The lowest BCUT2D eigenvalue weighted by Crippen LogP contribution is -2.53. The molecular formula is C19H20N2O3. The highest BCUT2D eigenvalue weighted by Crippen LogP contribution is 2.54. The number of para-hydroxylation sites is 1. The molecule has 5 nitrogen and oxygen atoms in total. The van der Waals surface area contributed by atoms with Gasteiger partial charge in [-0.1, -0.05) is 18.2 Å². The first-order valence-corrected chi connectivity index (χ1v) is 8.61. The third kappa shape index (κ3) is 1.63. The van der Waals surface area contributed by atoms with E-state index in [1.165, 1.54) is 0 Å². The Bertz CT molecular complexity index is 787. The Labute approximate surface area is 140 Å². The van der Waals surface area contributed by atoms with Gasteiger partial charge in [-0.25, -0.2) is 0 Å².